The first kappa shape index (κ1) is 14.7. The highest BCUT2D eigenvalue weighted by atomic mass is 35.5. The summed E-state index contributed by atoms with van der Waals surface area (Å²) in [5.74, 6) is 0.766. The van der Waals surface area contributed by atoms with E-state index in [4.69, 9.17) is 16.3 Å². The van der Waals surface area contributed by atoms with Gasteiger partial charge in [0, 0.05) is 39.9 Å². The van der Waals surface area contributed by atoms with Crippen LogP contribution in [0, 0.1) is 0 Å². The van der Waals surface area contributed by atoms with Crippen molar-refractivity contribution in [3.8, 4) is 5.75 Å². The fourth-order valence-corrected chi connectivity index (χ4v) is 2.99. The van der Waals surface area contributed by atoms with E-state index >= 15 is 0 Å². The van der Waals surface area contributed by atoms with E-state index in [9.17, 15) is 0 Å². The first-order valence-electron chi connectivity index (χ1n) is 7.49. The van der Waals surface area contributed by atoms with Crippen LogP contribution in [0.3, 0.4) is 0 Å². The largest absolute Gasteiger partial charge is 0.497 e. The third kappa shape index (κ3) is 2.61. The van der Waals surface area contributed by atoms with Crippen LogP contribution in [-0.4, -0.2) is 17.1 Å². The number of methoxy groups -OCH3 is 1. The molecular weight excluding hydrogens is 322 g/mol. The van der Waals surface area contributed by atoms with Crippen molar-refractivity contribution in [1.82, 2.24) is 9.97 Å². The lowest BCUT2D eigenvalue weighted by atomic mass is 10.1. The molecule has 0 saturated heterocycles. The van der Waals surface area contributed by atoms with Crippen LogP contribution in [0.5, 0.6) is 5.75 Å². The molecule has 0 radical (unpaired) electrons. The van der Waals surface area contributed by atoms with Crippen molar-refractivity contribution in [1.29, 1.82) is 0 Å². The summed E-state index contributed by atoms with van der Waals surface area (Å²) in [6.45, 7) is 0. The standard InChI is InChI=1S/C19H14ClN3O/c1-24-14-8-12-4-2-7-22-19(12)18(11-14)23-17-10-13(20)9-16-15(17)5-3-6-21-16/h2-11,23H,1H3. The summed E-state index contributed by atoms with van der Waals surface area (Å²) in [6.07, 6.45) is 3.53. The minimum absolute atomic E-state index is 0.629. The number of rotatable bonds is 3. The zero-order chi connectivity index (χ0) is 16.5. The van der Waals surface area contributed by atoms with Gasteiger partial charge >= 0.3 is 0 Å². The molecule has 4 rings (SSSR count). The van der Waals surface area contributed by atoms with Crippen LogP contribution < -0.4 is 10.1 Å². The first-order chi connectivity index (χ1) is 11.7. The van der Waals surface area contributed by atoms with Gasteiger partial charge < -0.3 is 10.1 Å². The van der Waals surface area contributed by atoms with Crippen LogP contribution in [0.2, 0.25) is 5.02 Å². The van der Waals surface area contributed by atoms with E-state index in [-0.39, 0.29) is 0 Å². The summed E-state index contributed by atoms with van der Waals surface area (Å²) in [5, 5.41) is 6.06. The molecule has 0 aliphatic rings. The fraction of sp³-hybridized carbons (Fsp3) is 0.0526. The maximum Gasteiger partial charge on any atom is 0.121 e. The predicted molar refractivity (Wildman–Crippen MR) is 98.3 cm³/mol. The molecule has 0 saturated carbocycles. The van der Waals surface area contributed by atoms with Crippen LogP contribution in [0.1, 0.15) is 0 Å². The molecule has 2 aromatic heterocycles. The van der Waals surface area contributed by atoms with E-state index in [2.05, 4.69) is 15.3 Å². The summed E-state index contributed by atoms with van der Waals surface area (Å²) in [6, 6.07) is 15.5. The molecule has 0 fully saturated rings. The van der Waals surface area contributed by atoms with Crippen molar-refractivity contribution in [2.45, 2.75) is 0 Å². The summed E-state index contributed by atoms with van der Waals surface area (Å²) in [4.78, 5) is 8.86. The molecule has 0 bridgehead atoms. The summed E-state index contributed by atoms with van der Waals surface area (Å²) >= 11 is 6.25. The van der Waals surface area contributed by atoms with E-state index in [1.807, 2.05) is 48.5 Å². The van der Waals surface area contributed by atoms with Gasteiger partial charge in [-0.25, -0.2) is 0 Å². The number of pyridine rings is 2. The molecule has 0 aliphatic carbocycles. The zero-order valence-corrected chi connectivity index (χ0v) is 13.7. The van der Waals surface area contributed by atoms with Gasteiger partial charge in [0.1, 0.15) is 5.75 Å². The topological polar surface area (TPSA) is 47.0 Å². The van der Waals surface area contributed by atoms with Gasteiger partial charge in [0.15, 0.2) is 0 Å². The van der Waals surface area contributed by atoms with Crippen LogP contribution >= 0.6 is 11.6 Å². The monoisotopic (exact) mass is 335 g/mol. The maximum atomic E-state index is 6.25. The molecule has 0 atom stereocenters. The van der Waals surface area contributed by atoms with Gasteiger partial charge in [-0.05, 0) is 36.4 Å². The maximum absolute atomic E-state index is 6.25. The number of nitrogens with one attached hydrogen (secondary N) is 1. The quantitative estimate of drug-likeness (QED) is 0.559. The highest BCUT2D eigenvalue weighted by Gasteiger charge is 2.09. The lowest BCUT2D eigenvalue weighted by Crippen LogP contribution is -1.96. The second kappa shape index (κ2) is 5.98. The number of anilines is 2. The van der Waals surface area contributed by atoms with Gasteiger partial charge in [-0.3, -0.25) is 9.97 Å². The van der Waals surface area contributed by atoms with Crippen molar-refractivity contribution in [3.63, 3.8) is 0 Å². The van der Waals surface area contributed by atoms with Gasteiger partial charge in [0.2, 0.25) is 0 Å². The number of hydrogen-bond acceptors (Lipinski definition) is 4. The molecule has 5 heteroatoms. The van der Waals surface area contributed by atoms with E-state index in [1.54, 1.807) is 19.5 Å². The minimum atomic E-state index is 0.629. The molecule has 2 heterocycles. The van der Waals surface area contributed by atoms with Gasteiger partial charge in [0.05, 0.1) is 23.8 Å². The highest BCUT2D eigenvalue weighted by molar-refractivity contribution is 6.31. The van der Waals surface area contributed by atoms with Gasteiger partial charge in [-0.2, -0.15) is 0 Å². The molecular formula is C19H14ClN3O. The van der Waals surface area contributed by atoms with Crippen LogP contribution in [-0.2, 0) is 0 Å². The van der Waals surface area contributed by atoms with E-state index in [0.717, 1.165) is 38.9 Å². The fourth-order valence-electron chi connectivity index (χ4n) is 2.77. The number of benzene rings is 2. The third-order valence-electron chi connectivity index (χ3n) is 3.87. The number of ether oxygens (including phenoxy) is 1. The molecule has 0 spiro atoms. The van der Waals surface area contributed by atoms with Crippen molar-refractivity contribution in [3.05, 3.63) is 65.9 Å². The molecule has 1 N–H and O–H groups in total. The van der Waals surface area contributed by atoms with Gasteiger partial charge in [-0.15, -0.1) is 0 Å². The van der Waals surface area contributed by atoms with Crippen LogP contribution in [0.4, 0.5) is 11.4 Å². The Morgan fingerprint density at radius 3 is 2.67 bits per heavy atom. The number of aromatic nitrogens is 2. The molecule has 118 valence electrons. The Morgan fingerprint density at radius 1 is 0.958 bits per heavy atom. The summed E-state index contributed by atoms with van der Waals surface area (Å²) in [5.41, 5.74) is 3.45. The van der Waals surface area contributed by atoms with Crippen molar-refractivity contribution < 1.29 is 4.74 Å². The smallest absolute Gasteiger partial charge is 0.121 e. The SMILES string of the molecule is COc1cc(Nc2cc(Cl)cc3ncccc23)c2ncccc2c1. The Kier molecular flexibility index (Phi) is 3.67. The first-order valence-corrected chi connectivity index (χ1v) is 7.86. The number of nitrogens with zero attached hydrogens (tertiary/aromatic N) is 2. The molecule has 0 amide bonds. The average Bonchev–Trinajstić information content (AvgIpc) is 2.61. The second-order valence-corrected chi connectivity index (χ2v) is 5.83. The Morgan fingerprint density at radius 2 is 1.79 bits per heavy atom. The minimum Gasteiger partial charge on any atom is -0.497 e. The zero-order valence-electron chi connectivity index (χ0n) is 13.0. The normalized spacial score (nSPS) is 10.9. The average molecular weight is 336 g/mol. The summed E-state index contributed by atoms with van der Waals surface area (Å²) in [7, 11) is 1.65. The Balaban J connectivity index is 1.91. The molecule has 24 heavy (non-hydrogen) atoms. The predicted octanol–water partition coefficient (Wildman–Crippen LogP) is 5.19. The molecule has 4 aromatic rings. The lowest BCUT2D eigenvalue weighted by Gasteiger charge is -2.13. The van der Waals surface area contributed by atoms with Gasteiger partial charge in [0.25, 0.3) is 0 Å². The van der Waals surface area contributed by atoms with Crippen LogP contribution in [0.15, 0.2) is 60.9 Å². The number of halogens is 1. The van der Waals surface area contributed by atoms with Crippen molar-refractivity contribution in [2.75, 3.05) is 12.4 Å². The van der Waals surface area contributed by atoms with E-state index in [1.165, 1.54) is 0 Å². The van der Waals surface area contributed by atoms with Crippen LogP contribution in [0.25, 0.3) is 21.8 Å². The van der Waals surface area contributed by atoms with E-state index < -0.39 is 0 Å². The Bertz CT molecular complexity index is 1050. The molecule has 0 aliphatic heterocycles. The number of fused-ring (bicyclic) bond motifs is 2. The summed E-state index contributed by atoms with van der Waals surface area (Å²) < 4.78 is 5.41. The molecule has 4 nitrogen and oxygen atoms in total. The number of hydrogen-bond donors (Lipinski definition) is 1. The molecule has 0 unspecified atom stereocenters. The van der Waals surface area contributed by atoms with Crippen molar-refractivity contribution in [2.24, 2.45) is 0 Å². The lowest BCUT2D eigenvalue weighted by molar-refractivity contribution is 0.415. The Hall–Kier alpha value is -2.85. The second-order valence-electron chi connectivity index (χ2n) is 5.40. The van der Waals surface area contributed by atoms with Gasteiger partial charge in [-0.1, -0.05) is 17.7 Å². The van der Waals surface area contributed by atoms with Crippen molar-refractivity contribution >= 4 is 44.8 Å². The Labute approximate surface area is 144 Å². The highest BCUT2D eigenvalue weighted by Crippen LogP contribution is 2.33. The van der Waals surface area contributed by atoms with E-state index in [0.29, 0.717) is 5.02 Å². The third-order valence-corrected chi connectivity index (χ3v) is 4.09. The molecule has 2 aromatic carbocycles.